The highest BCUT2D eigenvalue weighted by atomic mass is 32.2. The molecule has 0 bridgehead atoms. The van der Waals surface area contributed by atoms with Gasteiger partial charge >= 0.3 is 5.97 Å². The molecule has 1 aliphatic rings. The maximum atomic E-state index is 13.3. The zero-order valence-electron chi connectivity index (χ0n) is 16.6. The summed E-state index contributed by atoms with van der Waals surface area (Å²) in [7, 11) is -7.46. The average molecular weight is 447 g/mol. The molecular formula is C22H22O6S2. The summed E-state index contributed by atoms with van der Waals surface area (Å²) in [4.78, 5) is 11.3. The van der Waals surface area contributed by atoms with Crippen molar-refractivity contribution in [1.29, 1.82) is 0 Å². The van der Waals surface area contributed by atoms with Crippen LogP contribution in [0.1, 0.15) is 40.4 Å². The van der Waals surface area contributed by atoms with Crippen molar-refractivity contribution in [1.82, 2.24) is 0 Å². The van der Waals surface area contributed by atoms with Gasteiger partial charge in [0.05, 0.1) is 21.1 Å². The number of rotatable bonds is 7. The first kappa shape index (κ1) is 22.0. The molecule has 6 nitrogen and oxygen atoms in total. The van der Waals surface area contributed by atoms with E-state index in [2.05, 4.69) is 0 Å². The molecule has 0 radical (unpaired) electrons. The molecule has 2 aromatic rings. The van der Waals surface area contributed by atoms with Crippen LogP contribution in [-0.4, -0.2) is 34.2 Å². The molecule has 0 saturated heterocycles. The summed E-state index contributed by atoms with van der Waals surface area (Å²) in [5, 5.41) is 9.27. The minimum Gasteiger partial charge on any atom is -0.478 e. The summed E-state index contributed by atoms with van der Waals surface area (Å²) < 4.78 is 50.7. The first-order chi connectivity index (χ1) is 14.0. The van der Waals surface area contributed by atoms with E-state index in [-0.39, 0.29) is 15.4 Å². The highest BCUT2D eigenvalue weighted by Gasteiger charge is 2.24. The molecule has 1 N–H and O–H groups in total. The zero-order valence-corrected chi connectivity index (χ0v) is 18.3. The number of carboxylic acids is 1. The number of carboxylic acid groups (broad SMARTS) is 1. The van der Waals surface area contributed by atoms with Gasteiger partial charge in [0.25, 0.3) is 0 Å². The SMILES string of the molecule is CCc1ccc(C(=O)O)cc1S(=O)(=O)Cc1cc(S(C)(=O)=O)ccc1C1=CC=CC1. The van der Waals surface area contributed by atoms with Crippen molar-refractivity contribution in [2.45, 2.75) is 35.3 Å². The summed E-state index contributed by atoms with van der Waals surface area (Å²) in [5.41, 5.74) is 2.34. The number of carbonyl (C=O) groups is 1. The van der Waals surface area contributed by atoms with E-state index in [1.54, 1.807) is 13.0 Å². The van der Waals surface area contributed by atoms with E-state index in [1.165, 1.54) is 30.3 Å². The maximum Gasteiger partial charge on any atom is 0.335 e. The molecule has 1 aliphatic carbocycles. The van der Waals surface area contributed by atoms with Crippen LogP contribution in [0.3, 0.4) is 0 Å². The van der Waals surface area contributed by atoms with Crippen molar-refractivity contribution in [3.63, 3.8) is 0 Å². The summed E-state index contributed by atoms with van der Waals surface area (Å²) in [6, 6.07) is 8.57. The van der Waals surface area contributed by atoms with Gasteiger partial charge in [0, 0.05) is 6.26 Å². The van der Waals surface area contributed by atoms with Gasteiger partial charge in [0.15, 0.2) is 19.7 Å². The Kier molecular flexibility index (Phi) is 6.01. The largest absolute Gasteiger partial charge is 0.478 e. The Bertz CT molecular complexity index is 1280. The normalized spacial score (nSPS) is 14.0. The predicted octanol–water partition coefficient (Wildman–Crippen LogP) is 3.67. The number of aryl methyl sites for hydroxylation is 1. The Hall–Kier alpha value is -2.71. The van der Waals surface area contributed by atoms with Crippen LogP contribution in [0.5, 0.6) is 0 Å². The van der Waals surface area contributed by atoms with Crippen LogP contribution in [0, 0.1) is 0 Å². The minimum absolute atomic E-state index is 0.0398. The molecule has 0 amide bonds. The van der Waals surface area contributed by atoms with Gasteiger partial charge in [-0.25, -0.2) is 21.6 Å². The lowest BCUT2D eigenvalue weighted by Gasteiger charge is -2.15. The van der Waals surface area contributed by atoms with E-state index in [1.807, 2.05) is 18.2 Å². The highest BCUT2D eigenvalue weighted by molar-refractivity contribution is 7.91. The number of sulfone groups is 2. The molecular weight excluding hydrogens is 424 g/mol. The number of hydrogen-bond acceptors (Lipinski definition) is 5. The number of aromatic carboxylic acids is 1. The van der Waals surface area contributed by atoms with Crippen LogP contribution in [0.15, 0.2) is 64.4 Å². The van der Waals surface area contributed by atoms with Gasteiger partial charge in [0.1, 0.15) is 0 Å². The topological polar surface area (TPSA) is 106 Å². The van der Waals surface area contributed by atoms with E-state index in [0.717, 1.165) is 11.8 Å². The Balaban J connectivity index is 2.15. The molecule has 30 heavy (non-hydrogen) atoms. The third-order valence-corrected chi connectivity index (χ3v) is 7.85. The van der Waals surface area contributed by atoms with Gasteiger partial charge < -0.3 is 5.11 Å². The van der Waals surface area contributed by atoms with Crippen molar-refractivity contribution < 1.29 is 26.7 Å². The highest BCUT2D eigenvalue weighted by Crippen LogP contribution is 2.31. The molecule has 0 aliphatic heterocycles. The van der Waals surface area contributed by atoms with Gasteiger partial charge in [-0.3, -0.25) is 0 Å². The van der Waals surface area contributed by atoms with E-state index < -0.39 is 31.4 Å². The fourth-order valence-corrected chi connectivity index (χ4v) is 5.83. The maximum absolute atomic E-state index is 13.3. The van der Waals surface area contributed by atoms with Crippen LogP contribution in [-0.2, 0) is 31.8 Å². The Morgan fingerprint density at radius 3 is 2.33 bits per heavy atom. The Morgan fingerprint density at radius 1 is 1.03 bits per heavy atom. The monoisotopic (exact) mass is 446 g/mol. The van der Waals surface area contributed by atoms with Gasteiger partial charge in [0.2, 0.25) is 0 Å². The number of allylic oxidation sites excluding steroid dienone is 4. The van der Waals surface area contributed by atoms with Crippen LogP contribution in [0.25, 0.3) is 5.57 Å². The van der Waals surface area contributed by atoms with E-state index in [0.29, 0.717) is 29.5 Å². The molecule has 0 saturated carbocycles. The lowest BCUT2D eigenvalue weighted by molar-refractivity contribution is 0.0696. The summed E-state index contributed by atoms with van der Waals surface area (Å²) in [6.45, 7) is 1.79. The van der Waals surface area contributed by atoms with Crippen LogP contribution in [0.2, 0.25) is 0 Å². The van der Waals surface area contributed by atoms with Crippen molar-refractivity contribution in [2.24, 2.45) is 0 Å². The van der Waals surface area contributed by atoms with E-state index in [9.17, 15) is 26.7 Å². The van der Waals surface area contributed by atoms with Crippen molar-refractivity contribution >= 4 is 31.2 Å². The van der Waals surface area contributed by atoms with Crippen LogP contribution >= 0.6 is 0 Å². The van der Waals surface area contributed by atoms with Gasteiger partial charge in [-0.1, -0.05) is 37.3 Å². The lowest BCUT2D eigenvalue weighted by atomic mass is 10.00. The quantitative estimate of drug-likeness (QED) is 0.696. The average Bonchev–Trinajstić information content (AvgIpc) is 3.20. The third-order valence-electron chi connectivity index (χ3n) is 5.00. The molecule has 0 heterocycles. The third kappa shape index (κ3) is 4.55. The number of hydrogen-bond donors (Lipinski definition) is 1. The van der Waals surface area contributed by atoms with Crippen molar-refractivity contribution in [3.8, 4) is 0 Å². The van der Waals surface area contributed by atoms with E-state index >= 15 is 0 Å². The first-order valence-electron chi connectivity index (χ1n) is 9.31. The fraction of sp³-hybridized carbons (Fsp3) is 0.227. The summed E-state index contributed by atoms with van der Waals surface area (Å²) in [6.07, 6.45) is 7.78. The second kappa shape index (κ2) is 8.20. The molecule has 3 rings (SSSR count). The minimum atomic E-state index is -3.93. The molecule has 0 spiro atoms. The summed E-state index contributed by atoms with van der Waals surface area (Å²) in [5.74, 6) is -1.64. The van der Waals surface area contributed by atoms with Gasteiger partial charge in [-0.2, -0.15) is 0 Å². The molecule has 0 unspecified atom stereocenters. The molecule has 0 aromatic heterocycles. The van der Waals surface area contributed by atoms with E-state index in [4.69, 9.17) is 0 Å². The van der Waals surface area contributed by atoms with Crippen molar-refractivity contribution in [3.05, 3.63) is 76.9 Å². The van der Waals surface area contributed by atoms with Crippen molar-refractivity contribution in [2.75, 3.05) is 6.26 Å². The molecule has 0 atom stereocenters. The molecule has 158 valence electrons. The second-order valence-corrected chi connectivity index (χ2v) is 11.1. The Labute approximate surface area is 176 Å². The second-order valence-electron chi connectivity index (χ2n) is 7.16. The first-order valence-corrected chi connectivity index (χ1v) is 12.9. The van der Waals surface area contributed by atoms with Gasteiger partial charge in [-0.05, 0) is 59.4 Å². The van der Waals surface area contributed by atoms with Crippen LogP contribution in [0.4, 0.5) is 0 Å². The smallest absolute Gasteiger partial charge is 0.335 e. The lowest BCUT2D eigenvalue weighted by Crippen LogP contribution is -2.12. The predicted molar refractivity (Wildman–Crippen MR) is 115 cm³/mol. The standard InChI is InChI=1S/C22H22O6S2/c1-3-15-8-9-17(22(23)24)13-21(15)30(27,28)14-18-12-19(29(2,25)26)10-11-20(18)16-6-4-5-7-16/h4-6,8-13H,3,7,14H2,1-2H3,(H,23,24). The van der Waals surface area contributed by atoms with Gasteiger partial charge in [-0.15, -0.1) is 0 Å². The zero-order chi connectivity index (χ0) is 22.1. The molecule has 8 heteroatoms. The molecule has 2 aromatic carbocycles. The fourth-order valence-electron chi connectivity index (χ4n) is 3.43. The number of benzene rings is 2. The molecule has 0 fully saturated rings. The Morgan fingerprint density at radius 2 is 1.77 bits per heavy atom. The van der Waals surface area contributed by atoms with Crippen LogP contribution < -0.4 is 0 Å². The summed E-state index contributed by atoms with van der Waals surface area (Å²) >= 11 is 0.